The van der Waals surface area contributed by atoms with Crippen molar-refractivity contribution in [3.63, 3.8) is 0 Å². The topological polar surface area (TPSA) is 23.5 Å². The molecule has 0 saturated heterocycles. The van der Waals surface area contributed by atoms with Gasteiger partial charge in [-0.3, -0.25) is 0 Å². The summed E-state index contributed by atoms with van der Waals surface area (Å²) in [5.41, 5.74) is 2.03. The zero-order valence-electron chi connectivity index (χ0n) is 10.00. The summed E-state index contributed by atoms with van der Waals surface area (Å²) in [7, 11) is 1.86. The highest BCUT2D eigenvalue weighted by Gasteiger charge is 2.15. The number of likely N-dealkylation sites (N-methyl/N-ethyl adjacent to an activating group) is 1. The number of hydrogen-bond donors (Lipinski definition) is 1. The highest BCUT2D eigenvalue weighted by atomic mass is 19.1. The SMILES string of the molecule is C=C(C)CN(C)c1cccc(F)c1C(C)O. The molecule has 2 nitrogen and oxygen atoms in total. The molecule has 0 saturated carbocycles. The number of halogens is 1. The molecule has 0 bridgehead atoms. The third-order valence-electron chi connectivity index (χ3n) is 2.37. The van der Waals surface area contributed by atoms with Crippen molar-refractivity contribution in [3.05, 3.63) is 41.7 Å². The number of rotatable bonds is 4. The number of nitrogens with zero attached hydrogens (tertiary/aromatic N) is 1. The lowest BCUT2D eigenvalue weighted by Crippen LogP contribution is -2.21. The van der Waals surface area contributed by atoms with E-state index in [4.69, 9.17) is 0 Å². The van der Waals surface area contributed by atoms with Gasteiger partial charge in [-0.2, -0.15) is 0 Å². The Bertz CT molecular complexity index is 388. The van der Waals surface area contributed by atoms with Crippen LogP contribution >= 0.6 is 0 Å². The van der Waals surface area contributed by atoms with Crippen molar-refractivity contribution < 1.29 is 9.50 Å². The molecule has 1 unspecified atom stereocenters. The lowest BCUT2D eigenvalue weighted by atomic mass is 10.1. The van der Waals surface area contributed by atoms with Crippen molar-refractivity contribution >= 4 is 5.69 Å². The van der Waals surface area contributed by atoms with Crippen molar-refractivity contribution in [2.45, 2.75) is 20.0 Å². The summed E-state index contributed by atoms with van der Waals surface area (Å²) >= 11 is 0. The first kappa shape index (κ1) is 12.7. The normalized spacial score (nSPS) is 12.3. The molecule has 0 aliphatic carbocycles. The molecule has 1 atom stereocenters. The highest BCUT2D eigenvalue weighted by molar-refractivity contribution is 5.55. The molecule has 0 aliphatic rings. The van der Waals surface area contributed by atoms with Crippen LogP contribution in [0.5, 0.6) is 0 Å². The minimum absolute atomic E-state index is 0.339. The Kier molecular flexibility index (Phi) is 4.07. The van der Waals surface area contributed by atoms with Crippen LogP contribution in [0.3, 0.4) is 0 Å². The molecule has 1 rings (SSSR count). The Labute approximate surface area is 96.0 Å². The molecule has 1 aromatic carbocycles. The highest BCUT2D eigenvalue weighted by Crippen LogP contribution is 2.28. The fourth-order valence-corrected chi connectivity index (χ4v) is 1.76. The second-order valence-electron chi connectivity index (χ2n) is 4.16. The smallest absolute Gasteiger partial charge is 0.131 e. The average Bonchev–Trinajstić information content (AvgIpc) is 2.15. The van der Waals surface area contributed by atoms with Gasteiger partial charge in [0.05, 0.1) is 6.10 Å². The first-order valence-corrected chi connectivity index (χ1v) is 5.25. The van der Waals surface area contributed by atoms with E-state index >= 15 is 0 Å². The lowest BCUT2D eigenvalue weighted by molar-refractivity contribution is 0.194. The number of anilines is 1. The van der Waals surface area contributed by atoms with Gasteiger partial charge in [-0.1, -0.05) is 18.2 Å². The second-order valence-corrected chi connectivity index (χ2v) is 4.16. The van der Waals surface area contributed by atoms with Gasteiger partial charge in [0, 0.05) is 24.8 Å². The largest absolute Gasteiger partial charge is 0.389 e. The van der Waals surface area contributed by atoms with Crippen molar-refractivity contribution in [1.82, 2.24) is 0 Å². The molecular formula is C13H18FNO. The number of benzene rings is 1. The quantitative estimate of drug-likeness (QED) is 0.793. The van der Waals surface area contributed by atoms with E-state index in [1.54, 1.807) is 19.1 Å². The summed E-state index contributed by atoms with van der Waals surface area (Å²) < 4.78 is 13.6. The molecule has 1 aromatic rings. The van der Waals surface area contributed by atoms with Crippen molar-refractivity contribution in [3.8, 4) is 0 Å². The molecule has 0 spiro atoms. The van der Waals surface area contributed by atoms with Gasteiger partial charge in [0.2, 0.25) is 0 Å². The van der Waals surface area contributed by atoms with E-state index in [-0.39, 0.29) is 5.82 Å². The summed E-state index contributed by atoms with van der Waals surface area (Å²) in [4.78, 5) is 1.88. The maximum absolute atomic E-state index is 13.6. The van der Waals surface area contributed by atoms with Gasteiger partial charge >= 0.3 is 0 Å². The van der Waals surface area contributed by atoms with Crippen LogP contribution in [-0.2, 0) is 0 Å². The monoisotopic (exact) mass is 223 g/mol. The first-order chi connectivity index (χ1) is 7.43. The Balaban J connectivity index is 3.12. The van der Waals surface area contributed by atoms with Crippen LogP contribution in [0.25, 0.3) is 0 Å². The third kappa shape index (κ3) is 2.83. The van der Waals surface area contributed by atoms with E-state index in [0.717, 1.165) is 5.57 Å². The van der Waals surface area contributed by atoms with Gasteiger partial charge in [0.15, 0.2) is 0 Å². The average molecular weight is 223 g/mol. The maximum atomic E-state index is 13.6. The molecule has 1 N–H and O–H groups in total. The molecule has 0 radical (unpaired) electrons. The number of aliphatic hydroxyl groups excluding tert-OH is 1. The van der Waals surface area contributed by atoms with Gasteiger partial charge in [-0.15, -0.1) is 0 Å². The minimum Gasteiger partial charge on any atom is -0.389 e. The van der Waals surface area contributed by atoms with Crippen LogP contribution in [0.1, 0.15) is 25.5 Å². The summed E-state index contributed by atoms with van der Waals surface area (Å²) in [6.45, 7) is 7.94. The first-order valence-electron chi connectivity index (χ1n) is 5.25. The Morgan fingerprint density at radius 2 is 2.19 bits per heavy atom. The lowest BCUT2D eigenvalue weighted by Gasteiger charge is -2.24. The minimum atomic E-state index is -0.816. The third-order valence-corrected chi connectivity index (χ3v) is 2.37. The van der Waals surface area contributed by atoms with Gasteiger partial charge in [0.1, 0.15) is 5.82 Å². The van der Waals surface area contributed by atoms with Crippen LogP contribution in [0.2, 0.25) is 0 Å². The fourth-order valence-electron chi connectivity index (χ4n) is 1.76. The van der Waals surface area contributed by atoms with Crippen molar-refractivity contribution in [2.75, 3.05) is 18.5 Å². The number of aliphatic hydroxyl groups is 1. The zero-order chi connectivity index (χ0) is 12.3. The number of hydrogen-bond acceptors (Lipinski definition) is 2. The van der Waals surface area contributed by atoms with E-state index in [1.165, 1.54) is 6.07 Å². The Hall–Kier alpha value is -1.35. The summed E-state index contributed by atoms with van der Waals surface area (Å²) in [6, 6.07) is 4.81. The van der Waals surface area contributed by atoms with Gasteiger partial charge < -0.3 is 10.0 Å². The van der Waals surface area contributed by atoms with Crippen molar-refractivity contribution in [1.29, 1.82) is 0 Å². The molecule has 3 heteroatoms. The predicted molar refractivity (Wildman–Crippen MR) is 65.1 cm³/mol. The van der Waals surface area contributed by atoms with Crippen LogP contribution in [0, 0.1) is 5.82 Å². The van der Waals surface area contributed by atoms with Crippen LogP contribution in [0.15, 0.2) is 30.4 Å². The van der Waals surface area contributed by atoms with Gasteiger partial charge in [-0.25, -0.2) is 4.39 Å². The summed E-state index contributed by atoms with van der Waals surface area (Å²) in [5.74, 6) is -0.374. The van der Waals surface area contributed by atoms with Gasteiger partial charge in [0.25, 0.3) is 0 Å². The Morgan fingerprint density at radius 3 is 2.69 bits per heavy atom. The van der Waals surface area contributed by atoms with E-state index in [0.29, 0.717) is 17.8 Å². The van der Waals surface area contributed by atoms with Crippen LogP contribution in [-0.4, -0.2) is 18.7 Å². The van der Waals surface area contributed by atoms with E-state index in [9.17, 15) is 9.50 Å². The molecule has 0 aromatic heterocycles. The zero-order valence-corrected chi connectivity index (χ0v) is 10.00. The summed E-state index contributed by atoms with van der Waals surface area (Å²) in [6.07, 6.45) is -0.816. The molecule has 0 heterocycles. The van der Waals surface area contributed by atoms with E-state index < -0.39 is 6.10 Å². The molecule has 0 aliphatic heterocycles. The summed E-state index contributed by atoms with van der Waals surface area (Å²) in [5, 5.41) is 9.58. The fraction of sp³-hybridized carbons (Fsp3) is 0.385. The standard InChI is InChI=1S/C13H18FNO/c1-9(2)8-15(4)12-7-5-6-11(14)13(12)10(3)16/h5-7,10,16H,1,8H2,2-4H3. The second kappa shape index (κ2) is 5.12. The molecule has 0 fully saturated rings. The maximum Gasteiger partial charge on any atom is 0.131 e. The molecule has 88 valence electrons. The Morgan fingerprint density at radius 1 is 1.56 bits per heavy atom. The van der Waals surface area contributed by atoms with E-state index in [1.807, 2.05) is 18.9 Å². The predicted octanol–water partition coefficient (Wildman–Crippen LogP) is 2.89. The van der Waals surface area contributed by atoms with Gasteiger partial charge in [-0.05, 0) is 26.0 Å². The molecule has 0 amide bonds. The van der Waals surface area contributed by atoms with E-state index in [2.05, 4.69) is 6.58 Å². The molecule has 16 heavy (non-hydrogen) atoms. The van der Waals surface area contributed by atoms with Crippen LogP contribution in [0.4, 0.5) is 10.1 Å². The molecular weight excluding hydrogens is 205 g/mol. The van der Waals surface area contributed by atoms with Crippen molar-refractivity contribution in [2.24, 2.45) is 0 Å². The van der Waals surface area contributed by atoms with Crippen LogP contribution < -0.4 is 4.90 Å².